The molecule has 4 nitrogen and oxygen atoms in total. The minimum absolute atomic E-state index is 0.139. The summed E-state index contributed by atoms with van der Waals surface area (Å²) in [5.41, 5.74) is 14.3. The van der Waals surface area contributed by atoms with Gasteiger partial charge >= 0.3 is 0 Å². The molecule has 0 aliphatic heterocycles. The molecule has 68 valence electrons. The van der Waals surface area contributed by atoms with E-state index in [1.54, 1.807) is 12.1 Å². The second-order valence-electron chi connectivity index (χ2n) is 2.57. The van der Waals surface area contributed by atoms with Crippen LogP contribution in [0.25, 0.3) is 10.4 Å². The van der Waals surface area contributed by atoms with Crippen LogP contribution >= 0.6 is 0 Å². The molecule has 1 unspecified atom stereocenters. The minimum atomic E-state index is -0.438. The maximum absolute atomic E-state index is 12.7. The van der Waals surface area contributed by atoms with Crippen LogP contribution in [0.5, 0.6) is 0 Å². The Labute approximate surface area is 74.8 Å². The number of hydrogen-bond acceptors (Lipinski definition) is 2. The molecule has 1 atom stereocenters. The van der Waals surface area contributed by atoms with E-state index in [1.165, 1.54) is 12.1 Å². The first kappa shape index (κ1) is 9.51. The molecule has 0 saturated heterocycles. The van der Waals surface area contributed by atoms with Gasteiger partial charge in [-0.05, 0) is 23.2 Å². The van der Waals surface area contributed by atoms with Crippen LogP contribution in [-0.4, -0.2) is 6.54 Å². The number of benzene rings is 1. The van der Waals surface area contributed by atoms with Crippen LogP contribution in [0.15, 0.2) is 29.4 Å². The molecule has 1 aromatic rings. The Morgan fingerprint density at radius 1 is 1.62 bits per heavy atom. The van der Waals surface area contributed by atoms with Gasteiger partial charge in [0.05, 0.1) is 0 Å². The van der Waals surface area contributed by atoms with Crippen molar-refractivity contribution in [3.63, 3.8) is 0 Å². The quantitative estimate of drug-likeness (QED) is 0.432. The highest BCUT2D eigenvalue weighted by Crippen LogP contribution is 2.11. The van der Waals surface area contributed by atoms with E-state index in [0.29, 0.717) is 5.56 Å². The number of nitrogens with zero attached hydrogens (tertiary/aromatic N) is 3. The third kappa shape index (κ3) is 2.74. The lowest BCUT2D eigenvalue weighted by atomic mass is 10.1. The molecule has 0 aliphatic carbocycles. The summed E-state index contributed by atoms with van der Waals surface area (Å²) in [5.74, 6) is -0.339. The predicted molar refractivity (Wildman–Crippen MR) is 47.3 cm³/mol. The van der Waals surface area contributed by atoms with Gasteiger partial charge in [0.25, 0.3) is 0 Å². The average Bonchev–Trinajstić information content (AvgIpc) is 2.14. The zero-order chi connectivity index (χ0) is 9.68. The SMILES string of the molecule is [N-]=[N+]=NCC(N)c1cccc(F)c1. The molecule has 0 radical (unpaired) electrons. The van der Waals surface area contributed by atoms with E-state index < -0.39 is 6.04 Å². The Bertz CT molecular complexity index is 333. The van der Waals surface area contributed by atoms with Gasteiger partial charge in [-0.1, -0.05) is 17.2 Å². The van der Waals surface area contributed by atoms with Crippen LogP contribution in [0.1, 0.15) is 11.6 Å². The summed E-state index contributed by atoms with van der Waals surface area (Å²) in [7, 11) is 0. The first-order chi connectivity index (χ1) is 6.24. The molecule has 2 N–H and O–H groups in total. The lowest BCUT2D eigenvalue weighted by Crippen LogP contribution is -2.13. The largest absolute Gasteiger partial charge is 0.324 e. The van der Waals surface area contributed by atoms with E-state index in [-0.39, 0.29) is 12.4 Å². The minimum Gasteiger partial charge on any atom is -0.324 e. The van der Waals surface area contributed by atoms with Crippen molar-refractivity contribution in [1.29, 1.82) is 0 Å². The molecule has 0 heterocycles. The van der Waals surface area contributed by atoms with Gasteiger partial charge < -0.3 is 5.73 Å². The molecule has 5 heteroatoms. The van der Waals surface area contributed by atoms with Crippen LogP contribution in [0, 0.1) is 5.82 Å². The van der Waals surface area contributed by atoms with E-state index in [4.69, 9.17) is 11.3 Å². The molecular weight excluding hydrogens is 171 g/mol. The fourth-order valence-electron chi connectivity index (χ4n) is 0.967. The number of rotatable bonds is 3. The average molecular weight is 180 g/mol. The molecule has 0 spiro atoms. The second kappa shape index (κ2) is 4.45. The highest BCUT2D eigenvalue weighted by Gasteiger charge is 2.04. The Balaban J connectivity index is 2.76. The van der Waals surface area contributed by atoms with E-state index in [1.807, 2.05) is 0 Å². The van der Waals surface area contributed by atoms with Gasteiger partial charge in [-0.3, -0.25) is 0 Å². The van der Waals surface area contributed by atoms with E-state index in [9.17, 15) is 4.39 Å². The first-order valence-corrected chi connectivity index (χ1v) is 3.76. The zero-order valence-corrected chi connectivity index (χ0v) is 6.89. The highest BCUT2D eigenvalue weighted by atomic mass is 19.1. The van der Waals surface area contributed by atoms with Gasteiger partial charge in [-0.15, -0.1) is 0 Å². The summed E-state index contributed by atoms with van der Waals surface area (Å²) in [6, 6.07) is 5.49. The van der Waals surface area contributed by atoms with Crippen molar-refractivity contribution >= 4 is 0 Å². The van der Waals surface area contributed by atoms with Gasteiger partial charge in [-0.25, -0.2) is 4.39 Å². The van der Waals surface area contributed by atoms with Crippen molar-refractivity contribution in [3.8, 4) is 0 Å². The molecule has 0 saturated carbocycles. The Morgan fingerprint density at radius 2 is 2.38 bits per heavy atom. The van der Waals surface area contributed by atoms with Crippen LogP contribution in [0.3, 0.4) is 0 Å². The number of azide groups is 1. The molecular formula is C8H9FN4. The third-order valence-electron chi connectivity index (χ3n) is 1.62. The standard InChI is InChI=1S/C8H9FN4/c9-7-3-1-2-6(4-7)8(10)5-12-13-11/h1-4,8H,5,10H2. The summed E-state index contributed by atoms with van der Waals surface area (Å²) in [4.78, 5) is 2.57. The normalized spacial score (nSPS) is 11.8. The van der Waals surface area contributed by atoms with E-state index in [2.05, 4.69) is 10.0 Å². The van der Waals surface area contributed by atoms with Crippen molar-refractivity contribution in [2.45, 2.75) is 6.04 Å². The maximum Gasteiger partial charge on any atom is 0.123 e. The van der Waals surface area contributed by atoms with Crippen LogP contribution in [0.4, 0.5) is 4.39 Å². The Morgan fingerprint density at radius 3 is 3.00 bits per heavy atom. The fourth-order valence-corrected chi connectivity index (χ4v) is 0.967. The van der Waals surface area contributed by atoms with Gasteiger partial charge in [0.15, 0.2) is 0 Å². The van der Waals surface area contributed by atoms with Gasteiger partial charge in [0.1, 0.15) is 5.82 Å². The fraction of sp³-hybridized carbons (Fsp3) is 0.250. The van der Waals surface area contributed by atoms with Gasteiger partial charge in [0, 0.05) is 17.5 Å². The molecule has 0 amide bonds. The Hall–Kier alpha value is -1.58. The lowest BCUT2D eigenvalue weighted by Gasteiger charge is -2.07. The van der Waals surface area contributed by atoms with Crippen molar-refractivity contribution < 1.29 is 4.39 Å². The number of halogens is 1. The summed E-state index contributed by atoms with van der Waals surface area (Å²) in [5, 5.41) is 3.31. The maximum atomic E-state index is 12.7. The summed E-state index contributed by atoms with van der Waals surface area (Å²) < 4.78 is 12.7. The van der Waals surface area contributed by atoms with Gasteiger partial charge in [0.2, 0.25) is 0 Å². The smallest absolute Gasteiger partial charge is 0.123 e. The predicted octanol–water partition coefficient (Wildman–Crippen LogP) is 2.14. The second-order valence-corrected chi connectivity index (χ2v) is 2.57. The van der Waals surface area contributed by atoms with Crippen molar-refractivity contribution in [3.05, 3.63) is 46.1 Å². The Kier molecular flexibility index (Phi) is 3.25. The topological polar surface area (TPSA) is 74.8 Å². The lowest BCUT2D eigenvalue weighted by molar-refractivity contribution is 0.619. The molecule has 1 rings (SSSR count). The van der Waals surface area contributed by atoms with Crippen molar-refractivity contribution in [2.24, 2.45) is 10.8 Å². The molecule has 1 aromatic carbocycles. The van der Waals surface area contributed by atoms with Crippen LogP contribution in [0.2, 0.25) is 0 Å². The third-order valence-corrected chi connectivity index (χ3v) is 1.62. The van der Waals surface area contributed by atoms with E-state index >= 15 is 0 Å². The zero-order valence-electron chi connectivity index (χ0n) is 6.89. The summed E-state index contributed by atoms with van der Waals surface area (Å²) in [6.45, 7) is 0.139. The van der Waals surface area contributed by atoms with Crippen molar-refractivity contribution in [1.82, 2.24) is 0 Å². The van der Waals surface area contributed by atoms with E-state index in [0.717, 1.165) is 0 Å². The summed E-state index contributed by atoms with van der Waals surface area (Å²) >= 11 is 0. The molecule has 0 aromatic heterocycles. The molecule has 0 bridgehead atoms. The van der Waals surface area contributed by atoms with Crippen LogP contribution < -0.4 is 5.73 Å². The van der Waals surface area contributed by atoms with Gasteiger partial charge in [-0.2, -0.15) is 0 Å². The molecule has 0 fully saturated rings. The number of nitrogens with two attached hydrogens (primary N) is 1. The summed E-state index contributed by atoms with van der Waals surface area (Å²) in [6.07, 6.45) is 0. The first-order valence-electron chi connectivity index (χ1n) is 3.76. The molecule has 0 aliphatic rings. The number of hydrogen-bond donors (Lipinski definition) is 1. The van der Waals surface area contributed by atoms with Crippen LogP contribution in [-0.2, 0) is 0 Å². The monoisotopic (exact) mass is 180 g/mol. The molecule has 13 heavy (non-hydrogen) atoms. The highest BCUT2D eigenvalue weighted by molar-refractivity contribution is 5.19. The van der Waals surface area contributed by atoms with Crippen molar-refractivity contribution in [2.75, 3.05) is 6.54 Å².